The minimum atomic E-state index is -0.826. The summed E-state index contributed by atoms with van der Waals surface area (Å²) in [7, 11) is 9.87. The first kappa shape index (κ1) is 17.3. The molecule has 0 bridgehead atoms. The number of benzene rings is 1. The van der Waals surface area contributed by atoms with Crippen molar-refractivity contribution in [2.45, 2.75) is 33.1 Å². The van der Waals surface area contributed by atoms with Crippen LogP contribution >= 0.6 is 17.0 Å². The maximum atomic E-state index is 4.93. The first-order chi connectivity index (χ1) is 9.26. The summed E-state index contributed by atoms with van der Waals surface area (Å²) < 4.78 is 0. The van der Waals surface area contributed by atoms with Gasteiger partial charge in [0.25, 0.3) is 0 Å². The van der Waals surface area contributed by atoms with Gasteiger partial charge in [0.05, 0.1) is 0 Å². The molecule has 0 heterocycles. The Labute approximate surface area is 135 Å². The molecule has 0 aliphatic heterocycles. The summed E-state index contributed by atoms with van der Waals surface area (Å²) >= 11 is -0.826. The van der Waals surface area contributed by atoms with Crippen molar-refractivity contribution in [3.05, 3.63) is 35.4 Å². The molecule has 0 saturated heterocycles. The van der Waals surface area contributed by atoms with E-state index >= 15 is 0 Å². The molecule has 0 spiro atoms. The molecule has 4 heteroatoms. The number of rotatable bonds is 5. The number of nitrogens with zero attached hydrogens (tertiary/aromatic N) is 1. The Morgan fingerprint density at radius 3 is 2.37 bits per heavy atom. The molecule has 1 aliphatic carbocycles. The fourth-order valence-electron chi connectivity index (χ4n) is 2.35. The summed E-state index contributed by atoms with van der Waals surface area (Å²) in [5.41, 5.74) is 4.28. The number of anilines is 1. The van der Waals surface area contributed by atoms with Crippen molar-refractivity contribution in [3.63, 3.8) is 0 Å². The number of halogens is 2. The van der Waals surface area contributed by atoms with Gasteiger partial charge >= 0.3 is 37.9 Å². The van der Waals surface area contributed by atoms with Crippen LogP contribution in [0.3, 0.4) is 0 Å². The fraction of sp³-hybridized carbons (Fsp3) is 0.467. The van der Waals surface area contributed by atoms with Crippen molar-refractivity contribution in [1.29, 1.82) is 0 Å². The maximum absolute atomic E-state index is 4.93. The van der Waals surface area contributed by atoms with E-state index in [0.717, 1.165) is 6.42 Å². The first-order valence-electron chi connectivity index (χ1n) is 6.77. The second-order valence-corrected chi connectivity index (χ2v) is 8.28. The zero-order valence-electron chi connectivity index (χ0n) is 11.6. The standard InChI is InChI=1S/C15H21N.2ClH.Zr/c1-3-10-16(11-4-2)15-9-8-13-6-5-7-14(13)12-15;;;/h5-6,8-9,12H,3-4,7,10-11H2,1-2H3;2*1H;/q;;;+2/p-2. The van der Waals surface area contributed by atoms with Gasteiger partial charge in [-0.25, -0.2) is 0 Å². The molecule has 0 atom stereocenters. The number of hydrogen-bond acceptors (Lipinski definition) is 1. The Bertz CT molecular complexity index is 401. The Hall–Kier alpha value is 0.223. The van der Waals surface area contributed by atoms with Gasteiger partial charge < -0.3 is 4.90 Å². The van der Waals surface area contributed by atoms with E-state index in [0.29, 0.717) is 0 Å². The van der Waals surface area contributed by atoms with Gasteiger partial charge in [-0.15, -0.1) is 0 Å². The van der Waals surface area contributed by atoms with Gasteiger partial charge in [0.2, 0.25) is 0 Å². The second-order valence-electron chi connectivity index (χ2n) is 4.55. The first-order valence-corrected chi connectivity index (χ1v) is 13.1. The molecule has 0 N–H and O–H groups in total. The summed E-state index contributed by atoms with van der Waals surface area (Å²) in [5, 5.41) is 0. The molecule has 0 amide bonds. The van der Waals surface area contributed by atoms with Crippen LogP contribution in [0.4, 0.5) is 5.69 Å². The van der Waals surface area contributed by atoms with Gasteiger partial charge in [-0.1, -0.05) is 32.1 Å². The monoisotopic (exact) mass is 375 g/mol. The Kier molecular flexibility index (Phi) is 9.11. The van der Waals surface area contributed by atoms with Crippen LogP contribution in [-0.2, 0) is 27.3 Å². The predicted molar refractivity (Wildman–Crippen MR) is 83.7 cm³/mol. The van der Waals surface area contributed by atoms with E-state index < -0.39 is 20.8 Å². The number of fused-ring (bicyclic) bond motifs is 1. The minimum absolute atomic E-state index is 0.826. The molecule has 1 nitrogen and oxygen atoms in total. The number of hydrogen-bond donors (Lipinski definition) is 0. The van der Waals surface area contributed by atoms with E-state index in [4.69, 9.17) is 17.0 Å². The predicted octanol–water partition coefficient (Wildman–Crippen LogP) is 5.26. The normalized spacial score (nSPS) is 11.6. The third-order valence-corrected chi connectivity index (χ3v) is 3.11. The molecule has 0 unspecified atom stereocenters. The second kappa shape index (κ2) is 10.0. The topological polar surface area (TPSA) is 3.24 Å². The van der Waals surface area contributed by atoms with E-state index in [-0.39, 0.29) is 0 Å². The SMILES string of the molecule is CCCN(CCC)c1ccc2c(c1)CC=C2.[Cl][Zr][Cl]. The zero-order chi connectivity index (χ0) is 14.1. The fourth-order valence-corrected chi connectivity index (χ4v) is 2.35. The molecular formula is C15H21Cl2NZr. The molecule has 19 heavy (non-hydrogen) atoms. The van der Waals surface area contributed by atoms with Crippen LogP contribution in [-0.4, -0.2) is 13.1 Å². The Morgan fingerprint density at radius 2 is 1.79 bits per heavy atom. The molecular weight excluding hydrogens is 356 g/mol. The molecule has 0 aromatic heterocycles. The average Bonchev–Trinajstić information content (AvgIpc) is 2.86. The van der Waals surface area contributed by atoms with E-state index in [1.807, 2.05) is 0 Å². The molecule has 0 saturated carbocycles. The molecule has 0 fully saturated rings. The van der Waals surface area contributed by atoms with Crippen LogP contribution in [0.25, 0.3) is 6.08 Å². The summed E-state index contributed by atoms with van der Waals surface area (Å²) in [4.78, 5) is 2.50. The van der Waals surface area contributed by atoms with Crippen molar-refractivity contribution in [2.75, 3.05) is 18.0 Å². The summed E-state index contributed by atoms with van der Waals surface area (Å²) in [6.45, 7) is 6.83. The molecule has 0 radical (unpaired) electrons. The molecule has 2 rings (SSSR count). The van der Waals surface area contributed by atoms with Gasteiger partial charge in [0.1, 0.15) is 0 Å². The van der Waals surface area contributed by atoms with Gasteiger partial charge in [-0.05, 0) is 42.5 Å². The van der Waals surface area contributed by atoms with Crippen molar-refractivity contribution in [2.24, 2.45) is 0 Å². The number of allylic oxidation sites excluding steroid dienone is 1. The third-order valence-electron chi connectivity index (χ3n) is 3.11. The van der Waals surface area contributed by atoms with Crippen molar-refractivity contribution < 1.29 is 20.8 Å². The van der Waals surface area contributed by atoms with Crippen molar-refractivity contribution >= 4 is 28.8 Å². The van der Waals surface area contributed by atoms with Crippen molar-refractivity contribution in [3.8, 4) is 0 Å². The molecule has 1 aliphatic rings. The van der Waals surface area contributed by atoms with E-state index in [2.05, 4.69) is 49.1 Å². The van der Waals surface area contributed by atoms with Gasteiger partial charge in [0.15, 0.2) is 0 Å². The molecule has 104 valence electrons. The Balaban J connectivity index is 0.000000550. The molecule has 1 aromatic rings. The van der Waals surface area contributed by atoms with Gasteiger partial charge in [-0.3, -0.25) is 0 Å². The summed E-state index contributed by atoms with van der Waals surface area (Å²) in [6.07, 6.45) is 8.02. The zero-order valence-corrected chi connectivity index (χ0v) is 15.6. The van der Waals surface area contributed by atoms with Gasteiger partial charge in [-0.2, -0.15) is 0 Å². The molecule has 1 aromatic carbocycles. The average molecular weight is 377 g/mol. The van der Waals surface area contributed by atoms with Crippen LogP contribution in [0, 0.1) is 0 Å². The van der Waals surface area contributed by atoms with E-state index in [9.17, 15) is 0 Å². The van der Waals surface area contributed by atoms with Crippen LogP contribution < -0.4 is 4.90 Å². The van der Waals surface area contributed by atoms with E-state index in [1.165, 1.54) is 42.7 Å². The summed E-state index contributed by atoms with van der Waals surface area (Å²) in [5.74, 6) is 0. The van der Waals surface area contributed by atoms with Crippen LogP contribution in [0.2, 0.25) is 0 Å². The quantitative estimate of drug-likeness (QED) is 0.677. The van der Waals surface area contributed by atoms with Crippen LogP contribution in [0.1, 0.15) is 37.8 Å². The van der Waals surface area contributed by atoms with Crippen LogP contribution in [0.5, 0.6) is 0 Å². The Morgan fingerprint density at radius 1 is 1.16 bits per heavy atom. The van der Waals surface area contributed by atoms with E-state index in [1.54, 1.807) is 0 Å². The van der Waals surface area contributed by atoms with Crippen molar-refractivity contribution in [1.82, 2.24) is 0 Å². The summed E-state index contributed by atoms with van der Waals surface area (Å²) in [6, 6.07) is 6.88. The third kappa shape index (κ3) is 5.62. The van der Waals surface area contributed by atoms with Crippen LogP contribution in [0.15, 0.2) is 24.3 Å². The van der Waals surface area contributed by atoms with Gasteiger partial charge in [0, 0.05) is 18.8 Å².